The molecular formula is C14H20. The average Bonchev–Trinajstić information content (AvgIpc) is 2.18. The summed E-state index contributed by atoms with van der Waals surface area (Å²) in [6.45, 7) is 2.29. The fraction of sp³-hybridized carbons (Fsp3) is 0.571. The lowest BCUT2D eigenvalue weighted by Crippen LogP contribution is -2.33. The molecule has 0 radical (unpaired) electrons. The minimum Gasteiger partial charge on any atom is -0.0654 e. The maximum Gasteiger partial charge on any atom is -0.00470 e. The number of hydrogen-bond acceptors (Lipinski definition) is 0. The largest absolute Gasteiger partial charge is 0.0654 e. The lowest BCUT2D eigenvalue weighted by atomic mass is 9.62. The van der Waals surface area contributed by atoms with Crippen LogP contribution in [0.1, 0.15) is 51.0 Å². The van der Waals surface area contributed by atoms with Gasteiger partial charge in [-0.2, -0.15) is 0 Å². The Morgan fingerprint density at radius 2 is 1.86 bits per heavy atom. The van der Waals surface area contributed by atoms with Crippen LogP contribution in [0, 0.1) is 0 Å². The zero-order valence-corrected chi connectivity index (χ0v) is 9.13. The van der Waals surface area contributed by atoms with Crippen molar-refractivity contribution in [3.63, 3.8) is 0 Å². The van der Waals surface area contributed by atoms with Crippen LogP contribution in [-0.2, 0) is 5.41 Å². The van der Waals surface area contributed by atoms with Gasteiger partial charge in [0.2, 0.25) is 0 Å². The van der Waals surface area contributed by atoms with E-state index in [0.29, 0.717) is 5.41 Å². The summed E-state index contributed by atoms with van der Waals surface area (Å²) in [5.41, 5.74) is 2.15. The van der Waals surface area contributed by atoms with Crippen LogP contribution in [-0.4, -0.2) is 0 Å². The molecule has 0 bridgehead atoms. The van der Waals surface area contributed by atoms with Gasteiger partial charge in [0.05, 0.1) is 0 Å². The van der Waals surface area contributed by atoms with Crippen molar-refractivity contribution < 1.29 is 0 Å². The Kier molecular flexibility index (Phi) is 2.90. The van der Waals surface area contributed by atoms with Gasteiger partial charge < -0.3 is 0 Å². The molecule has 1 saturated carbocycles. The molecule has 0 saturated heterocycles. The number of benzene rings is 1. The highest BCUT2D eigenvalue weighted by atomic mass is 14.4. The first-order chi connectivity index (χ1) is 6.87. The Morgan fingerprint density at radius 1 is 1.14 bits per heavy atom. The topological polar surface area (TPSA) is 0 Å². The molecule has 0 heteroatoms. The Balaban J connectivity index is 2.12. The zero-order chi connectivity index (χ0) is 9.86. The molecule has 1 fully saturated rings. The minimum absolute atomic E-state index is 0.567. The van der Waals surface area contributed by atoms with Gasteiger partial charge in [0, 0.05) is 0 Å². The highest BCUT2D eigenvalue weighted by Gasteiger charge is 2.37. The van der Waals surface area contributed by atoms with E-state index in [1.165, 1.54) is 38.5 Å². The van der Waals surface area contributed by atoms with Gasteiger partial charge in [0.15, 0.2) is 0 Å². The van der Waals surface area contributed by atoms with E-state index < -0.39 is 0 Å². The summed E-state index contributed by atoms with van der Waals surface area (Å²) >= 11 is 0. The monoisotopic (exact) mass is 188 g/mol. The maximum absolute atomic E-state index is 2.31. The molecule has 1 aliphatic rings. The normalized spacial score (nSPS) is 18.9. The summed E-state index contributed by atoms with van der Waals surface area (Å²) in [5.74, 6) is 0. The molecule has 1 aliphatic carbocycles. The van der Waals surface area contributed by atoms with E-state index in [0.717, 1.165) is 0 Å². The van der Waals surface area contributed by atoms with Crippen molar-refractivity contribution in [1.29, 1.82) is 0 Å². The summed E-state index contributed by atoms with van der Waals surface area (Å²) < 4.78 is 0. The van der Waals surface area contributed by atoms with E-state index in [2.05, 4.69) is 37.3 Å². The van der Waals surface area contributed by atoms with E-state index in [1.807, 2.05) is 0 Å². The highest BCUT2D eigenvalue weighted by Crippen LogP contribution is 2.47. The first-order valence-electron chi connectivity index (χ1n) is 5.93. The van der Waals surface area contributed by atoms with Crippen LogP contribution in [0.2, 0.25) is 0 Å². The molecule has 76 valence electrons. The molecular weight excluding hydrogens is 168 g/mol. The highest BCUT2D eigenvalue weighted by molar-refractivity contribution is 5.27. The Labute approximate surface area is 87.3 Å². The zero-order valence-electron chi connectivity index (χ0n) is 9.13. The first kappa shape index (κ1) is 9.76. The van der Waals surface area contributed by atoms with Crippen LogP contribution in [0.3, 0.4) is 0 Å². The molecule has 0 unspecified atom stereocenters. The maximum atomic E-state index is 2.31. The van der Waals surface area contributed by atoms with Gasteiger partial charge >= 0.3 is 0 Å². The van der Waals surface area contributed by atoms with Crippen molar-refractivity contribution in [2.45, 2.75) is 50.9 Å². The molecule has 14 heavy (non-hydrogen) atoms. The summed E-state index contributed by atoms with van der Waals surface area (Å²) in [7, 11) is 0. The van der Waals surface area contributed by atoms with Crippen LogP contribution in [0.15, 0.2) is 30.3 Å². The van der Waals surface area contributed by atoms with Gasteiger partial charge in [-0.1, -0.05) is 56.5 Å². The molecule has 0 spiro atoms. The smallest absolute Gasteiger partial charge is 0.00470 e. The van der Waals surface area contributed by atoms with Crippen molar-refractivity contribution in [1.82, 2.24) is 0 Å². The van der Waals surface area contributed by atoms with Crippen molar-refractivity contribution in [2.75, 3.05) is 0 Å². The number of rotatable bonds is 4. The number of hydrogen-bond donors (Lipinski definition) is 0. The third-order valence-corrected chi connectivity index (χ3v) is 3.71. The molecule has 1 aromatic rings. The number of unbranched alkanes of at least 4 members (excludes halogenated alkanes) is 1. The van der Waals surface area contributed by atoms with Gasteiger partial charge in [-0.15, -0.1) is 0 Å². The van der Waals surface area contributed by atoms with Crippen LogP contribution in [0.5, 0.6) is 0 Å². The van der Waals surface area contributed by atoms with Gasteiger partial charge in [-0.25, -0.2) is 0 Å². The fourth-order valence-electron chi connectivity index (χ4n) is 2.59. The second-order valence-corrected chi connectivity index (χ2v) is 4.60. The van der Waals surface area contributed by atoms with E-state index in [1.54, 1.807) is 5.56 Å². The summed E-state index contributed by atoms with van der Waals surface area (Å²) in [5, 5.41) is 0. The van der Waals surface area contributed by atoms with Crippen molar-refractivity contribution in [3.05, 3.63) is 35.9 Å². The molecule has 0 atom stereocenters. The summed E-state index contributed by atoms with van der Waals surface area (Å²) in [6, 6.07) is 11.1. The predicted octanol–water partition coefficient (Wildman–Crippen LogP) is 4.30. The molecule has 0 nitrogen and oxygen atoms in total. The lowest BCUT2D eigenvalue weighted by molar-refractivity contribution is 0.220. The molecule has 2 rings (SSSR count). The van der Waals surface area contributed by atoms with E-state index in [4.69, 9.17) is 0 Å². The summed E-state index contributed by atoms with van der Waals surface area (Å²) in [4.78, 5) is 0. The van der Waals surface area contributed by atoms with Gasteiger partial charge in [0.1, 0.15) is 0 Å². The summed E-state index contributed by atoms with van der Waals surface area (Å²) in [6.07, 6.45) is 8.36. The van der Waals surface area contributed by atoms with E-state index in [9.17, 15) is 0 Å². The standard InChI is InChI=1S/C14H20/c1-2-3-10-14(11-7-12-14)13-8-5-4-6-9-13/h4-6,8-9H,2-3,7,10-12H2,1H3. The molecule has 0 amide bonds. The Bertz CT molecular complexity index is 269. The molecule has 0 aliphatic heterocycles. The molecule has 1 aromatic carbocycles. The third kappa shape index (κ3) is 1.70. The minimum atomic E-state index is 0.567. The quantitative estimate of drug-likeness (QED) is 0.661. The van der Waals surface area contributed by atoms with Crippen molar-refractivity contribution in [2.24, 2.45) is 0 Å². The van der Waals surface area contributed by atoms with Crippen LogP contribution < -0.4 is 0 Å². The third-order valence-electron chi connectivity index (χ3n) is 3.71. The fourth-order valence-corrected chi connectivity index (χ4v) is 2.59. The van der Waals surface area contributed by atoms with Gasteiger partial charge in [-0.3, -0.25) is 0 Å². The van der Waals surface area contributed by atoms with Gasteiger partial charge in [-0.05, 0) is 30.2 Å². The Morgan fingerprint density at radius 3 is 2.36 bits per heavy atom. The second-order valence-electron chi connectivity index (χ2n) is 4.60. The SMILES string of the molecule is CCCCC1(c2ccccc2)CCC1. The predicted molar refractivity (Wildman–Crippen MR) is 61.5 cm³/mol. The average molecular weight is 188 g/mol. The molecule has 0 aromatic heterocycles. The van der Waals surface area contributed by atoms with Crippen LogP contribution >= 0.6 is 0 Å². The van der Waals surface area contributed by atoms with Crippen LogP contribution in [0.4, 0.5) is 0 Å². The first-order valence-corrected chi connectivity index (χ1v) is 5.93. The molecule has 0 heterocycles. The molecule has 0 N–H and O–H groups in total. The van der Waals surface area contributed by atoms with Crippen LogP contribution in [0.25, 0.3) is 0 Å². The lowest BCUT2D eigenvalue weighted by Gasteiger charge is -2.43. The van der Waals surface area contributed by atoms with Crippen molar-refractivity contribution in [3.8, 4) is 0 Å². The van der Waals surface area contributed by atoms with E-state index >= 15 is 0 Å². The van der Waals surface area contributed by atoms with Gasteiger partial charge in [0.25, 0.3) is 0 Å². The van der Waals surface area contributed by atoms with Crippen molar-refractivity contribution >= 4 is 0 Å². The second kappa shape index (κ2) is 4.16. The van der Waals surface area contributed by atoms with E-state index in [-0.39, 0.29) is 0 Å². The Hall–Kier alpha value is -0.780.